The minimum Gasteiger partial charge on any atom is -0.390 e. The average molecular weight is 242 g/mol. The fourth-order valence-corrected chi connectivity index (χ4v) is 2.93. The highest BCUT2D eigenvalue weighted by Gasteiger charge is 2.58. The smallest absolute Gasteiger partial charge is 0.117 e. The Hall–Kier alpha value is -0.460. The zero-order chi connectivity index (χ0) is 12.2. The molecule has 0 aromatic heterocycles. The third kappa shape index (κ3) is 1.65. The molecule has 3 aliphatic rings. The van der Waals surface area contributed by atoms with Crippen molar-refractivity contribution in [2.45, 2.75) is 56.4 Å². The van der Waals surface area contributed by atoms with E-state index >= 15 is 0 Å². The molecule has 0 spiro atoms. The first-order valence-electron chi connectivity index (χ1n) is 6.19. The van der Waals surface area contributed by atoms with E-state index in [9.17, 15) is 15.3 Å². The van der Waals surface area contributed by atoms with Crippen molar-refractivity contribution in [1.29, 1.82) is 0 Å². The number of aliphatic hydroxyl groups excluding tert-OH is 3. The van der Waals surface area contributed by atoms with Crippen LogP contribution >= 0.6 is 0 Å². The van der Waals surface area contributed by atoms with Gasteiger partial charge in [0.1, 0.15) is 30.5 Å². The monoisotopic (exact) mass is 242 g/mol. The third-order valence-electron chi connectivity index (χ3n) is 3.89. The van der Waals surface area contributed by atoms with Gasteiger partial charge in [-0.15, -0.1) is 0 Å². The van der Waals surface area contributed by atoms with Crippen molar-refractivity contribution < 1.29 is 24.8 Å². The van der Waals surface area contributed by atoms with Crippen LogP contribution in [-0.4, -0.2) is 58.6 Å². The van der Waals surface area contributed by atoms with Crippen molar-refractivity contribution in [2.24, 2.45) is 0 Å². The zero-order valence-electron chi connectivity index (χ0n) is 9.74. The van der Waals surface area contributed by atoms with Gasteiger partial charge in [-0.05, 0) is 17.6 Å². The second kappa shape index (κ2) is 4.03. The summed E-state index contributed by atoms with van der Waals surface area (Å²) in [6.45, 7) is 2.27. The van der Waals surface area contributed by atoms with E-state index in [-0.39, 0.29) is 18.8 Å². The van der Waals surface area contributed by atoms with Gasteiger partial charge in [0.15, 0.2) is 0 Å². The molecule has 0 bridgehead atoms. The van der Waals surface area contributed by atoms with Crippen LogP contribution in [0.15, 0.2) is 11.1 Å². The molecule has 0 aromatic rings. The molecule has 3 rings (SSSR count). The van der Waals surface area contributed by atoms with Crippen molar-refractivity contribution in [3.05, 3.63) is 11.1 Å². The number of fused-ring (bicyclic) bond motifs is 1. The molecule has 3 N–H and O–H groups in total. The maximum Gasteiger partial charge on any atom is 0.117 e. The molecule has 1 saturated heterocycles. The number of rotatable bonds is 3. The molecule has 1 aliphatic carbocycles. The minimum absolute atomic E-state index is 0.283. The van der Waals surface area contributed by atoms with Gasteiger partial charge in [-0.1, -0.05) is 13.3 Å². The molecule has 0 saturated carbocycles. The first kappa shape index (κ1) is 11.6. The summed E-state index contributed by atoms with van der Waals surface area (Å²) < 4.78 is 10.8. The van der Waals surface area contributed by atoms with Gasteiger partial charge in [0.2, 0.25) is 0 Å². The summed E-state index contributed by atoms with van der Waals surface area (Å²) in [6.07, 6.45) is -1.65. The van der Waals surface area contributed by atoms with Crippen molar-refractivity contribution in [2.75, 3.05) is 6.61 Å². The molecule has 2 heterocycles. The fraction of sp³-hybridized carbons (Fsp3) is 0.833. The van der Waals surface area contributed by atoms with Gasteiger partial charge in [0.25, 0.3) is 0 Å². The Morgan fingerprint density at radius 3 is 2.71 bits per heavy atom. The fourth-order valence-electron chi connectivity index (χ4n) is 2.93. The van der Waals surface area contributed by atoms with Crippen LogP contribution < -0.4 is 0 Å². The van der Waals surface area contributed by atoms with E-state index < -0.39 is 24.4 Å². The number of hydrogen-bond donors (Lipinski definition) is 3. The topological polar surface area (TPSA) is 82.5 Å². The molecule has 1 fully saturated rings. The summed E-state index contributed by atoms with van der Waals surface area (Å²) in [5.74, 6) is 0. The normalized spacial score (nSPS) is 45.5. The predicted molar refractivity (Wildman–Crippen MR) is 58.4 cm³/mol. The van der Waals surface area contributed by atoms with Gasteiger partial charge in [-0.2, -0.15) is 0 Å². The number of aliphatic hydroxyl groups is 3. The number of epoxide rings is 1. The Bertz CT molecular complexity index is 353. The van der Waals surface area contributed by atoms with Gasteiger partial charge in [0, 0.05) is 0 Å². The summed E-state index contributed by atoms with van der Waals surface area (Å²) in [4.78, 5) is 0. The molecule has 0 amide bonds. The van der Waals surface area contributed by atoms with E-state index in [0.29, 0.717) is 17.6 Å². The van der Waals surface area contributed by atoms with Crippen LogP contribution in [0.1, 0.15) is 19.8 Å². The van der Waals surface area contributed by atoms with Gasteiger partial charge in [-0.25, -0.2) is 0 Å². The molecule has 96 valence electrons. The van der Waals surface area contributed by atoms with E-state index in [0.717, 1.165) is 6.42 Å². The molecule has 0 unspecified atom stereocenters. The van der Waals surface area contributed by atoms with Gasteiger partial charge in [-0.3, -0.25) is 0 Å². The highest BCUT2D eigenvalue weighted by molar-refractivity contribution is 5.39. The van der Waals surface area contributed by atoms with E-state index in [2.05, 4.69) is 0 Å². The lowest BCUT2D eigenvalue weighted by molar-refractivity contribution is -0.00843. The molecule has 17 heavy (non-hydrogen) atoms. The second-order valence-electron chi connectivity index (χ2n) is 5.02. The maximum absolute atomic E-state index is 10.1. The van der Waals surface area contributed by atoms with Crippen LogP contribution in [0.25, 0.3) is 0 Å². The van der Waals surface area contributed by atoms with Crippen LogP contribution in [0.2, 0.25) is 0 Å². The zero-order valence-corrected chi connectivity index (χ0v) is 9.74. The van der Waals surface area contributed by atoms with E-state index in [1.54, 1.807) is 0 Å². The van der Waals surface area contributed by atoms with Crippen LogP contribution in [0.3, 0.4) is 0 Å². The first-order valence-corrected chi connectivity index (χ1v) is 6.19. The summed E-state index contributed by atoms with van der Waals surface area (Å²) >= 11 is 0. The molecule has 5 nitrogen and oxygen atoms in total. The van der Waals surface area contributed by atoms with Crippen LogP contribution in [-0.2, 0) is 9.47 Å². The summed E-state index contributed by atoms with van der Waals surface area (Å²) in [6, 6.07) is 0. The Balaban J connectivity index is 1.85. The molecule has 0 aromatic carbocycles. The molecular formula is C12H18O5. The minimum atomic E-state index is -0.739. The van der Waals surface area contributed by atoms with Crippen molar-refractivity contribution in [3.63, 3.8) is 0 Å². The Morgan fingerprint density at radius 2 is 2.00 bits per heavy atom. The Morgan fingerprint density at radius 1 is 1.29 bits per heavy atom. The highest BCUT2D eigenvalue weighted by atomic mass is 16.6. The maximum atomic E-state index is 10.1. The lowest BCUT2D eigenvalue weighted by atomic mass is 9.84. The summed E-state index contributed by atoms with van der Waals surface area (Å²) in [7, 11) is 0. The first-order chi connectivity index (χ1) is 8.15. The van der Waals surface area contributed by atoms with Crippen molar-refractivity contribution in [1.82, 2.24) is 0 Å². The SMILES string of the molecule is CCC[C@H](O)[C@H]1OCC2=C1[C@@H](O)[C@H]1O[C@H]1[C@@H]2O. The Labute approximate surface area is 99.7 Å². The van der Waals surface area contributed by atoms with E-state index in [4.69, 9.17) is 9.47 Å². The van der Waals surface area contributed by atoms with Crippen molar-refractivity contribution >= 4 is 0 Å². The standard InChI is InChI=1S/C12H18O5/c1-2-3-6(13)10-7-5(4-16-10)8(14)11-12(17-11)9(7)15/h6,8-15H,2-4H2,1H3/t6-,8+,9+,10+,11-,12+/m0/s1. The molecule has 6 atom stereocenters. The summed E-state index contributed by atoms with van der Waals surface area (Å²) in [5.41, 5.74) is 1.36. The average Bonchev–Trinajstić information content (AvgIpc) is 2.98. The molecule has 0 radical (unpaired) electrons. The van der Waals surface area contributed by atoms with Crippen LogP contribution in [0.5, 0.6) is 0 Å². The Kier molecular flexibility index (Phi) is 2.76. The lowest BCUT2D eigenvalue weighted by Crippen LogP contribution is -2.39. The third-order valence-corrected chi connectivity index (χ3v) is 3.89. The van der Waals surface area contributed by atoms with Crippen LogP contribution in [0, 0.1) is 0 Å². The highest BCUT2D eigenvalue weighted by Crippen LogP contribution is 2.45. The quantitative estimate of drug-likeness (QED) is 0.452. The largest absolute Gasteiger partial charge is 0.390 e. The van der Waals surface area contributed by atoms with E-state index in [1.165, 1.54) is 0 Å². The summed E-state index contributed by atoms with van der Waals surface area (Å²) in [5, 5.41) is 30.1. The van der Waals surface area contributed by atoms with Crippen LogP contribution in [0.4, 0.5) is 0 Å². The van der Waals surface area contributed by atoms with Gasteiger partial charge in [0.05, 0.1) is 12.7 Å². The number of ether oxygens (including phenoxy) is 2. The van der Waals surface area contributed by atoms with Gasteiger partial charge >= 0.3 is 0 Å². The molecular weight excluding hydrogens is 224 g/mol. The van der Waals surface area contributed by atoms with E-state index in [1.807, 2.05) is 6.92 Å². The second-order valence-corrected chi connectivity index (χ2v) is 5.02. The molecule has 5 heteroatoms. The lowest BCUT2D eigenvalue weighted by Gasteiger charge is -2.26. The van der Waals surface area contributed by atoms with Crippen molar-refractivity contribution in [3.8, 4) is 0 Å². The number of hydrogen-bond acceptors (Lipinski definition) is 5. The predicted octanol–water partition coefficient (Wildman–Crippen LogP) is -0.654. The van der Waals surface area contributed by atoms with Gasteiger partial charge < -0.3 is 24.8 Å². The molecule has 2 aliphatic heterocycles.